The second-order valence-electron chi connectivity index (χ2n) is 6.44. The van der Waals surface area contributed by atoms with Gasteiger partial charge < -0.3 is 16.2 Å². The molecule has 2 rings (SSSR count). The fourth-order valence-electron chi connectivity index (χ4n) is 3.58. The molecule has 1 aliphatic carbocycles. The maximum Gasteiger partial charge on any atom is 0.0563 e. The molecule has 3 heteroatoms. The van der Waals surface area contributed by atoms with Crippen LogP contribution in [-0.2, 0) is 5.54 Å². The number of benzene rings is 1. The number of hydrogen-bond donors (Lipinski definition) is 3. The van der Waals surface area contributed by atoms with E-state index in [0.29, 0.717) is 12.5 Å². The first kappa shape index (κ1) is 15.5. The normalized spacial score (nSPS) is 28.8. The smallest absolute Gasteiger partial charge is 0.0563 e. The number of rotatable bonds is 5. The zero-order valence-corrected chi connectivity index (χ0v) is 12.9. The summed E-state index contributed by atoms with van der Waals surface area (Å²) in [6.45, 7) is 6.86. The average molecular weight is 276 g/mol. The van der Waals surface area contributed by atoms with E-state index in [1.54, 1.807) is 0 Å². The van der Waals surface area contributed by atoms with Gasteiger partial charge in [0, 0.05) is 12.6 Å². The SMILES string of the molecule is CC(O)CC(C)NC1(CN)CCC(C)c2ccccc21. The van der Waals surface area contributed by atoms with E-state index in [1.165, 1.54) is 11.1 Å². The van der Waals surface area contributed by atoms with Crippen molar-refractivity contribution >= 4 is 0 Å². The van der Waals surface area contributed by atoms with E-state index >= 15 is 0 Å². The first-order valence-corrected chi connectivity index (χ1v) is 7.74. The standard InChI is InChI=1S/C17H28N2O/c1-12-8-9-17(11-18,19-13(2)10-14(3)20)16-7-5-4-6-15(12)16/h4-7,12-14,19-20H,8-11,18H2,1-3H3. The minimum Gasteiger partial charge on any atom is -0.393 e. The van der Waals surface area contributed by atoms with Crippen molar-refractivity contribution in [3.63, 3.8) is 0 Å². The summed E-state index contributed by atoms with van der Waals surface area (Å²) in [5, 5.41) is 13.3. The van der Waals surface area contributed by atoms with Crippen molar-refractivity contribution in [2.45, 2.75) is 63.6 Å². The lowest BCUT2D eigenvalue weighted by molar-refractivity contribution is 0.153. The Kier molecular flexibility index (Phi) is 4.84. The van der Waals surface area contributed by atoms with Crippen LogP contribution in [0, 0.1) is 0 Å². The molecular weight excluding hydrogens is 248 g/mol. The summed E-state index contributed by atoms with van der Waals surface area (Å²) in [4.78, 5) is 0. The van der Waals surface area contributed by atoms with Crippen LogP contribution < -0.4 is 11.1 Å². The van der Waals surface area contributed by atoms with E-state index in [-0.39, 0.29) is 17.7 Å². The minimum atomic E-state index is -0.287. The summed E-state index contributed by atoms with van der Waals surface area (Å²) in [6, 6.07) is 8.90. The van der Waals surface area contributed by atoms with Crippen LogP contribution in [0.4, 0.5) is 0 Å². The van der Waals surface area contributed by atoms with Gasteiger partial charge in [-0.05, 0) is 50.2 Å². The molecule has 4 atom stereocenters. The highest BCUT2D eigenvalue weighted by Gasteiger charge is 2.38. The summed E-state index contributed by atoms with van der Waals surface area (Å²) in [5.74, 6) is 0.597. The van der Waals surface area contributed by atoms with Gasteiger partial charge in [-0.15, -0.1) is 0 Å². The van der Waals surface area contributed by atoms with Gasteiger partial charge >= 0.3 is 0 Å². The maximum absolute atomic E-state index is 9.57. The number of aliphatic hydroxyl groups excluding tert-OH is 1. The molecule has 1 aromatic rings. The van der Waals surface area contributed by atoms with Gasteiger partial charge in [-0.1, -0.05) is 31.2 Å². The molecule has 0 saturated carbocycles. The Labute approximate surface area is 122 Å². The van der Waals surface area contributed by atoms with Crippen LogP contribution >= 0.6 is 0 Å². The molecule has 20 heavy (non-hydrogen) atoms. The predicted molar refractivity (Wildman–Crippen MR) is 83.7 cm³/mol. The topological polar surface area (TPSA) is 58.3 Å². The fraction of sp³-hybridized carbons (Fsp3) is 0.647. The molecule has 0 radical (unpaired) electrons. The molecule has 4 N–H and O–H groups in total. The van der Waals surface area contributed by atoms with E-state index in [9.17, 15) is 5.11 Å². The highest BCUT2D eigenvalue weighted by Crippen LogP contribution is 2.41. The third kappa shape index (κ3) is 3.05. The number of nitrogens with one attached hydrogen (secondary N) is 1. The van der Waals surface area contributed by atoms with Gasteiger partial charge in [0.15, 0.2) is 0 Å². The van der Waals surface area contributed by atoms with Crippen molar-refractivity contribution < 1.29 is 5.11 Å². The zero-order valence-electron chi connectivity index (χ0n) is 12.9. The molecule has 1 aromatic carbocycles. The Morgan fingerprint density at radius 1 is 1.40 bits per heavy atom. The van der Waals surface area contributed by atoms with E-state index in [2.05, 4.69) is 43.4 Å². The number of aliphatic hydroxyl groups is 1. The molecule has 0 fully saturated rings. The summed E-state index contributed by atoms with van der Waals surface area (Å²) in [7, 11) is 0. The van der Waals surface area contributed by atoms with Gasteiger partial charge in [-0.3, -0.25) is 0 Å². The molecular formula is C17H28N2O. The third-order valence-corrected chi connectivity index (χ3v) is 4.58. The van der Waals surface area contributed by atoms with E-state index in [4.69, 9.17) is 5.73 Å². The molecule has 0 saturated heterocycles. The third-order valence-electron chi connectivity index (χ3n) is 4.58. The van der Waals surface area contributed by atoms with Gasteiger partial charge in [0.2, 0.25) is 0 Å². The van der Waals surface area contributed by atoms with Gasteiger partial charge in [0.25, 0.3) is 0 Å². The Balaban J connectivity index is 2.29. The lowest BCUT2D eigenvalue weighted by Crippen LogP contribution is -2.54. The van der Waals surface area contributed by atoms with Crippen LogP contribution in [0.1, 0.15) is 57.1 Å². The van der Waals surface area contributed by atoms with Crippen molar-refractivity contribution in [2.24, 2.45) is 5.73 Å². The van der Waals surface area contributed by atoms with E-state index in [0.717, 1.165) is 19.3 Å². The van der Waals surface area contributed by atoms with Gasteiger partial charge in [0.1, 0.15) is 0 Å². The van der Waals surface area contributed by atoms with Crippen molar-refractivity contribution in [3.8, 4) is 0 Å². The van der Waals surface area contributed by atoms with Crippen molar-refractivity contribution in [2.75, 3.05) is 6.54 Å². The second kappa shape index (κ2) is 6.25. The molecule has 0 aliphatic heterocycles. The Morgan fingerprint density at radius 3 is 2.75 bits per heavy atom. The first-order chi connectivity index (χ1) is 9.48. The summed E-state index contributed by atoms with van der Waals surface area (Å²) >= 11 is 0. The molecule has 0 bridgehead atoms. The number of nitrogens with two attached hydrogens (primary N) is 1. The quantitative estimate of drug-likeness (QED) is 0.774. The lowest BCUT2D eigenvalue weighted by Gasteiger charge is -2.43. The molecule has 0 amide bonds. The van der Waals surface area contributed by atoms with E-state index < -0.39 is 0 Å². The van der Waals surface area contributed by atoms with Crippen molar-refractivity contribution in [3.05, 3.63) is 35.4 Å². The van der Waals surface area contributed by atoms with Gasteiger partial charge in [-0.2, -0.15) is 0 Å². The molecule has 4 unspecified atom stereocenters. The van der Waals surface area contributed by atoms with Crippen LogP contribution in [0.25, 0.3) is 0 Å². The van der Waals surface area contributed by atoms with Gasteiger partial charge in [0.05, 0.1) is 11.6 Å². The summed E-state index contributed by atoms with van der Waals surface area (Å²) in [5.41, 5.74) is 8.77. The van der Waals surface area contributed by atoms with Crippen molar-refractivity contribution in [1.82, 2.24) is 5.32 Å². The Hall–Kier alpha value is -0.900. The molecule has 0 spiro atoms. The zero-order chi connectivity index (χ0) is 14.8. The van der Waals surface area contributed by atoms with Crippen LogP contribution in [0.2, 0.25) is 0 Å². The molecule has 3 nitrogen and oxygen atoms in total. The summed E-state index contributed by atoms with van der Waals surface area (Å²) < 4.78 is 0. The second-order valence-corrected chi connectivity index (χ2v) is 6.44. The van der Waals surface area contributed by atoms with E-state index in [1.807, 2.05) is 6.92 Å². The van der Waals surface area contributed by atoms with Gasteiger partial charge in [-0.25, -0.2) is 0 Å². The number of fused-ring (bicyclic) bond motifs is 1. The molecule has 112 valence electrons. The summed E-state index contributed by atoms with van der Waals surface area (Å²) in [6.07, 6.45) is 2.68. The lowest BCUT2D eigenvalue weighted by atomic mass is 9.72. The molecule has 1 aliphatic rings. The maximum atomic E-state index is 9.57. The Morgan fingerprint density at radius 2 is 2.10 bits per heavy atom. The van der Waals surface area contributed by atoms with Crippen LogP contribution in [0.5, 0.6) is 0 Å². The first-order valence-electron chi connectivity index (χ1n) is 7.74. The van der Waals surface area contributed by atoms with Crippen LogP contribution in [0.15, 0.2) is 24.3 Å². The Bertz CT molecular complexity index is 446. The largest absolute Gasteiger partial charge is 0.393 e. The number of hydrogen-bond acceptors (Lipinski definition) is 3. The average Bonchev–Trinajstić information content (AvgIpc) is 2.42. The molecule has 0 aromatic heterocycles. The predicted octanol–water partition coefficient (Wildman–Crippen LogP) is 2.49. The minimum absolute atomic E-state index is 0.141. The van der Waals surface area contributed by atoms with Crippen LogP contribution in [-0.4, -0.2) is 23.8 Å². The fourth-order valence-corrected chi connectivity index (χ4v) is 3.58. The van der Waals surface area contributed by atoms with Crippen molar-refractivity contribution in [1.29, 1.82) is 0 Å². The molecule has 0 heterocycles. The monoisotopic (exact) mass is 276 g/mol. The van der Waals surface area contributed by atoms with Crippen LogP contribution in [0.3, 0.4) is 0 Å². The highest BCUT2D eigenvalue weighted by atomic mass is 16.3. The highest BCUT2D eigenvalue weighted by molar-refractivity contribution is 5.39.